The summed E-state index contributed by atoms with van der Waals surface area (Å²) in [6.45, 7) is 9.62. The van der Waals surface area contributed by atoms with Crippen LogP contribution >= 0.6 is 0 Å². The zero-order valence-corrected chi connectivity index (χ0v) is 17.1. The van der Waals surface area contributed by atoms with Crippen molar-refractivity contribution in [3.63, 3.8) is 0 Å². The predicted molar refractivity (Wildman–Crippen MR) is 108 cm³/mol. The molecule has 2 N–H and O–H groups in total. The van der Waals surface area contributed by atoms with Gasteiger partial charge in [0.15, 0.2) is 13.2 Å². The van der Waals surface area contributed by atoms with E-state index in [0.29, 0.717) is 11.5 Å². The summed E-state index contributed by atoms with van der Waals surface area (Å²) in [5.74, 6) is 0.667. The molecular formula is C22H28N2O4. The van der Waals surface area contributed by atoms with Crippen LogP contribution in [-0.2, 0) is 9.59 Å². The quantitative estimate of drug-likeness (QED) is 0.718. The Kier molecular flexibility index (Phi) is 7.44. The van der Waals surface area contributed by atoms with Crippen LogP contribution in [0.15, 0.2) is 36.4 Å². The minimum absolute atomic E-state index is 0.193. The molecule has 0 saturated heterocycles. The molecular weight excluding hydrogens is 356 g/mol. The van der Waals surface area contributed by atoms with Crippen molar-refractivity contribution in [3.05, 3.63) is 58.7 Å². The number of hydrogen-bond donors (Lipinski definition) is 2. The van der Waals surface area contributed by atoms with Gasteiger partial charge in [0.2, 0.25) is 0 Å². The molecule has 2 rings (SSSR count). The maximum Gasteiger partial charge on any atom is 0.276 e. The number of rotatable bonds is 7. The van der Waals surface area contributed by atoms with E-state index in [1.54, 1.807) is 0 Å². The van der Waals surface area contributed by atoms with E-state index < -0.39 is 11.8 Å². The molecule has 0 atom stereocenters. The highest BCUT2D eigenvalue weighted by molar-refractivity contribution is 5.83. The highest BCUT2D eigenvalue weighted by Gasteiger charge is 2.11. The Labute approximate surface area is 166 Å². The summed E-state index contributed by atoms with van der Waals surface area (Å²) in [6.07, 6.45) is 0. The number of hydrogen-bond acceptors (Lipinski definition) is 4. The van der Waals surface area contributed by atoms with Crippen LogP contribution in [0.1, 0.15) is 42.0 Å². The zero-order chi connectivity index (χ0) is 20.7. The van der Waals surface area contributed by atoms with E-state index in [-0.39, 0.29) is 19.1 Å². The molecule has 0 unspecified atom stereocenters. The van der Waals surface area contributed by atoms with Crippen molar-refractivity contribution in [1.29, 1.82) is 0 Å². The van der Waals surface area contributed by atoms with Crippen LogP contribution < -0.4 is 20.3 Å². The van der Waals surface area contributed by atoms with Gasteiger partial charge in [0.25, 0.3) is 11.8 Å². The van der Waals surface area contributed by atoms with Gasteiger partial charge in [-0.05, 0) is 67.1 Å². The first-order valence-electron chi connectivity index (χ1n) is 9.26. The molecule has 150 valence electrons. The molecule has 0 spiro atoms. The van der Waals surface area contributed by atoms with Crippen LogP contribution in [0.4, 0.5) is 0 Å². The standard InChI is InChI=1S/C22H28N2O4/c1-14(2)19-7-6-15(3)11-20(19)28-13-22(26)24-23-21(25)12-27-18-9-16(4)8-17(5)10-18/h6-11,14H,12-13H2,1-5H3,(H,23,25)(H,24,26). The smallest absolute Gasteiger partial charge is 0.276 e. The maximum atomic E-state index is 12.0. The molecule has 0 radical (unpaired) electrons. The molecule has 0 aromatic heterocycles. The first-order chi connectivity index (χ1) is 13.2. The van der Waals surface area contributed by atoms with E-state index in [4.69, 9.17) is 9.47 Å². The van der Waals surface area contributed by atoms with Gasteiger partial charge in [-0.25, -0.2) is 0 Å². The normalized spacial score (nSPS) is 10.5. The van der Waals surface area contributed by atoms with Gasteiger partial charge in [0, 0.05) is 0 Å². The SMILES string of the molecule is Cc1cc(C)cc(OCC(=O)NNC(=O)COc2cc(C)ccc2C(C)C)c1. The average Bonchev–Trinajstić information content (AvgIpc) is 2.62. The van der Waals surface area contributed by atoms with Crippen LogP contribution in [0.25, 0.3) is 0 Å². The first kappa shape index (κ1) is 21.3. The molecule has 6 nitrogen and oxygen atoms in total. The van der Waals surface area contributed by atoms with Crippen molar-refractivity contribution < 1.29 is 19.1 Å². The topological polar surface area (TPSA) is 76.7 Å². The van der Waals surface area contributed by atoms with Gasteiger partial charge in [-0.2, -0.15) is 0 Å². The van der Waals surface area contributed by atoms with Crippen LogP contribution in [0.2, 0.25) is 0 Å². The minimum Gasteiger partial charge on any atom is -0.484 e. The van der Waals surface area contributed by atoms with Crippen molar-refractivity contribution in [1.82, 2.24) is 10.9 Å². The fourth-order valence-corrected chi connectivity index (χ4v) is 2.76. The van der Waals surface area contributed by atoms with E-state index in [1.807, 2.05) is 57.2 Å². The van der Waals surface area contributed by atoms with Gasteiger partial charge in [0.05, 0.1) is 0 Å². The van der Waals surface area contributed by atoms with Crippen molar-refractivity contribution in [2.45, 2.75) is 40.5 Å². The number of carbonyl (C=O) groups is 2. The molecule has 0 bridgehead atoms. The van der Waals surface area contributed by atoms with Crippen molar-refractivity contribution in [3.8, 4) is 11.5 Å². The molecule has 28 heavy (non-hydrogen) atoms. The van der Waals surface area contributed by atoms with Gasteiger partial charge in [-0.1, -0.05) is 32.0 Å². The Morgan fingerprint density at radius 2 is 1.39 bits per heavy atom. The molecule has 0 aliphatic rings. The maximum absolute atomic E-state index is 12.0. The monoisotopic (exact) mass is 384 g/mol. The van der Waals surface area contributed by atoms with E-state index in [0.717, 1.165) is 22.3 Å². The molecule has 2 amide bonds. The third kappa shape index (κ3) is 6.61. The molecule has 6 heteroatoms. The Morgan fingerprint density at radius 1 is 0.821 bits per heavy atom. The average molecular weight is 384 g/mol. The van der Waals surface area contributed by atoms with E-state index in [2.05, 4.69) is 24.7 Å². The second-order valence-electron chi connectivity index (χ2n) is 7.19. The number of ether oxygens (including phenoxy) is 2. The summed E-state index contributed by atoms with van der Waals surface area (Å²) in [7, 11) is 0. The summed E-state index contributed by atoms with van der Waals surface area (Å²) in [6, 6.07) is 11.6. The lowest BCUT2D eigenvalue weighted by atomic mass is 10.0. The molecule has 2 aromatic rings. The number of carbonyl (C=O) groups excluding carboxylic acids is 2. The van der Waals surface area contributed by atoms with Crippen molar-refractivity contribution in [2.24, 2.45) is 0 Å². The van der Waals surface area contributed by atoms with Crippen LogP contribution in [-0.4, -0.2) is 25.0 Å². The predicted octanol–water partition coefficient (Wildman–Crippen LogP) is 3.34. The van der Waals surface area contributed by atoms with Crippen molar-refractivity contribution >= 4 is 11.8 Å². The molecule has 0 aliphatic carbocycles. The lowest BCUT2D eigenvalue weighted by molar-refractivity contribution is -0.131. The summed E-state index contributed by atoms with van der Waals surface area (Å²) < 4.78 is 11.1. The third-order valence-corrected chi connectivity index (χ3v) is 4.06. The van der Waals surface area contributed by atoms with Gasteiger partial charge in [-0.3, -0.25) is 20.4 Å². The zero-order valence-electron chi connectivity index (χ0n) is 17.1. The Balaban J connectivity index is 1.78. The number of aryl methyl sites for hydroxylation is 3. The molecule has 0 aliphatic heterocycles. The van der Waals surface area contributed by atoms with E-state index >= 15 is 0 Å². The molecule has 0 heterocycles. The summed E-state index contributed by atoms with van der Waals surface area (Å²) in [4.78, 5) is 23.8. The molecule has 2 aromatic carbocycles. The summed E-state index contributed by atoms with van der Waals surface area (Å²) >= 11 is 0. The lowest BCUT2D eigenvalue weighted by Gasteiger charge is -2.15. The molecule has 0 saturated carbocycles. The number of amides is 2. The van der Waals surface area contributed by atoms with Gasteiger partial charge in [0.1, 0.15) is 11.5 Å². The first-order valence-corrected chi connectivity index (χ1v) is 9.26. The Hall–Kier alpha value is -3.02. The van der Waals surface area contributed by atoms with Crippen LogP contribution in [0, 0.1) is 20.8 Å². The minimum atomic E-state index is -0.453. The second kappa shape index (κ2) is 9.78. The Bertz CT molecular complexity index is 826. The number of hydrazine groups is 1. The highest BCUT2D eigenvalue weighted by atomic mass is 16.5. The third-order valence-electron chi connectivity index (χ3n) is 4.06. The van der Waals surface area contributed by atoms with E-state index in [9.17, 15) is 9.59 Å². The summed E-state index contributed by atoms with van der Waals surface area (Å²) in [5.41, 5.74) is 8.85. The van der Waals surface area contributed by atoms with Crippen LogP contribution in [0.5, 0.6) is 11.5 Å². The number of benzene rings is 2. The largest absolute Gasteiger partial charge is 0.484 e. The van der Waals surface area contributed by atoms with Crippen molar-refractivity contribution in [2.75, 3.05) is 13.2 Å². The fourth-order valence-electron chi connectivity index (χ4n) is 2.76. The number of nitrogens with one attached hydrogen (secondary N) is 2. The van der Waals surface area contributed by atoms with Gasteiger partial charge >= 0.3 is 0 Å². The van der Waals surface area contributed by atoms with Gasteiger partial charge in [-0.15, -0.1) is 0 Å². The molecule has 0 fully saturated rings. The second-order valence-corrected chi connectivity index (χ2v) is 7.19. The lowest BCUT2D eigenvalue weighted by Crippen LogP contribution is -2.45. The van der Waals surface area contributed by atoms with Crippen LogP contribution in [0.3, 0.4) is 0 Å². The van der Waals surface area contributed by atoms with Gasteiger partial charge < -0.3 is 9.47 Å². The van der Waals surface area contributed by atoms with E-state index in [1.165, 1.54) is 0 Å². The Morgan fingerprint density at radius 3 is 1.96 bits per heavy atom. The fraction of sp³-hybridized carbons (Fsp3) is 0.364. The highest BCUT2D eigenvalue weighted by Crippen LogP contribution is 2.27. The summed E-state index contributed by atoms with van der Waals surface area (Å²) in [5, 5.41) is 0.